The largest absolute Gasteiger partial charge is 0.265 e. The van der Waals surface area contributed by atoms with Crippen molar-refractivity contribution < 1.29 is 0 Å². The van der Waals surface area contributed by atoms with Crippen molar-refractivity contribution in [2.45, 2.75) is 33.2 Å². The van der Waals surface area contributed by atoms with Gasteiger partial charge in [-0.25, -0.2) is 0 Å². The Hall–Kier alpha value is -2.49. The Kier molecular flexibility index (Phi) is 4.28. The van der Waals surface area contributed by atoms with Gasteiger partial charge in [0.05, 0.1) is 6.20 Å². The molecule has 4 heteroatoms. The minimum Gasteiger partial charge on any atom is -0.265 e. The molecular formula is C18H20N4. The van der Waals surface area contributed by atoms with Crippen LogP contribution >= 0.6 is 0 Å². The van der Waals surface area contributed by atoms with Gasteiger partial charge in [-0.2, -0.15) is 0 Å². The van der Waals surface area contributed by atoms with Crippen LogP contribution in [0.5, 0.6) is 0 Å². The van der Waals surface area contributed by atoms with Crippen molar-refractivity contribution in [3.63, 3.8) is 0 Å². The van der Waals surface area contributed by atoms with Crippen molar-refractivity contribution in [1.29, 1.82) is 0 Å². The quantitative estimate of drug-likeness (QED) is 0.722. The molecule has 0 amide bonds. The van der Waals surface area contributed by atoms with Gasteiger partial charge in [0, 0.05) is 24.5 Å². The van der Waals surface area contributed by atoms with E-state index in [9.17, 15) is 0 Å². The summed E-state index contributed by atoms with van der Waals surface area (Å²) in [6.45, 7) is 5.12. The Morgan fingerprint density at radius 3 is 2.59 bits per heavy atom. The lowest BCUT2D eigenvalue weighted by molar-refractivity contribution is 0.558. The SMILES string of the molecule is Cc1ccc(-c2cn(CCCc3ccncc3)nn2)cc1C. The average Bonchev–Trinajstić information content (AvgIpc) is 3.00. The summed E-state index contributed by atoms with van der Waals surface area (Å²) < 4.78 is 1.92. The van der Waals surface area contributed by atoms with Gasteiger partial charge in [-0.3, -0.25) is 9.67 Å². The van der Waals surface area contributed by atoms with Crippen LogP contribution in [0.3, 0.4) is 0 Å². The molecule has 0 radical (unpaired) electrons. The second-order valence-corrected chi connectivity index (χ2v) is 5.62. The monoisotopic (exact) mass is 292 g/mol. The van der Waals surface area contributed by atoms with Crippen LogP contribution in [0, 0.1) is 13.8 Å². The van der Waals surface area contributed by atoms with E-state index in [1.807, 2.05) is 23.3 Å². The molecule has 0 saturated carbocycles. The number of pyridine rings is 1. The smallest absolute Gasteiger partial charge is 0.113 e. The minimum atomic E-state index is 0.875. The van der Waals surface area contributed by atoms with Gasteiger partial charge in [0.25, 0.3) is 0 Å². The highest BCUT2D eigenvalue weighted by molar-refractivity contribution is 5.59. The van der Waals surface area contributed by atoms with Crippen LogP contribution in [0.4, 0.5) is 0 Å². The molecule has 3 aromatic rings. The first-order valence-electron chi connectivity index (χ1n) is 7.59. The third-order valence-corrected chi connectivity index (χ3v) is 3.94. The van der Waals surface area contributed by atoms with E-state index in [0.29, 0.717) is 0 Å². The number of aromatic nitrogens is 4. The van der Waals surface area contributed by atoms with Gasteiger partial charge >= 0.3 is 0 Å². The normalized spacial score (nSPS) is 10.8. The van der Waals surface area contributed by atoms with Gasteiger partial charge in [0.2, 0.25) is 0 Å². The topological polar surface area (TPSA) is 43.6 Å². The van der Waals surface area contributed by atoms with Gasteiger partial charge in [-0.05, 0) is 61.6 Å². The Bertz CT molecular complexity index is 747. The zero-order chi connectivity index (χ0) is 15.4. The molecule has 2 heterocycles. The molecule has 0 unspecified atom stereocenters. The summed E-state index contributed by atoms with van der Waals surface area (Å²) in [7, 11) is 0. The first kappa shape index (κ1) is 14.4. The second-order valence-electron chi connectivity index (χ2n) is 5.62. The number of rotatable bonds is 5. The van der Waals surface area contributed by atoms with Crippen molar-refractivity contribution in [2.75, 3.05) is 0 Å². The predicted octanol–water partition coefficient (Wildman–Crippen LogP) is 3.59. The number of hydrogen-bond acceptors (Lipinski definition) is 3. The summed E-state index contributed by atoms with van der Waals surface area (Å²) >= 11 is 0. The molecular weight excluding hydrogens is 272 g/mol. The minimum absolute atomic E-state index is 0.875. The van der Waals surface area contributed by atoms with Gasteiger partial charge in [0.1, 0.15) is 5.69 Å². The van der Waals surface area contributed by atoms with Crippen LogP contribution in [0.1, 0.15) is 23.1 Å². The highest BCUT2D eigenvalue weighted by Gasteiger charge is 2.05. The van der Waals surface area contributed by atoms with Crippen molar-refractivity contribution in [1.82, 2.24) is 20.0 Å². The number of nitrogens with zero attached hydrogens (tertiary/aromatic N) is 4. The maximum Gasteiger partial charge on any atom is 0.113 e. The van der Waals surface area contributed by atoms with Gasteiger partial charge in [0.15, 0.2) is 0 Å². The molecule has 0 atom stereocenters. The molecule has 112 valence electrons. The third-order valence-electron chi connectivity index (χ3n) is 3.94. The molecule has 0 saturated heterocycles. The maximum absolute atomic E-state index is 4.29. The highest BCUT2D eigenvalue weighted by Crippen LogP contribution is 2.19. The van der Waals surface area contributed by atoms with E-state index in [0.717, 1.165) is 30.6 Å². The van der Waals surface area contributed by atoms with Gasteiger partial charge < -0.3 is 0 Å². The molecule has 4 nitrogen and oxygen atoms in total. The molecule has 22 heavy (non-hydrogen) atoms. The standard InChI is InChI=1S/C18H20N4/c1-14-5-6-17(12-15(14)2)18-13-22(21-20-18)11-3-4-16-7-9-19-10-8-16/h5-10,12-13H,3-4,11H2,1-2H3. The molecule has 1 aromatic carbocycles. The van der Waals surface area contributed by atoms with Gasteiger partial charge in [-0.15, -0.1) is 5.10 Å². The first-order chi connectivity index (χ1) is 10.7. The van der Waals surface area contributed by atoms with Crippen molar-refractivity contribution in [3.05, 3.63) is 65.6 Å². The molecule has 0 aliphatic rings. The Balaban J connectivity index is 1.62. The summed E-state index contributed by atoms with van der Waals surface area (Å²) in [6.07, 6.45) is 7.77. The molecule has 0 aliphatic heterocycles. The van der Waals surface area contributed by atoms with Crippen LogP contribution in [0.25, 0.3) is 11.3 Å². The Labute approximate surface area is 130 Å². The molecule has 0 bridgehead atoms. The lowest BCUT2D eigenvalue weighted by Crippen LogP contribution is -2.00. The Morgan fingerprint density at radius 1 is 1.00 bits per heavy atom. The molecule has 0 aliphatic carbocycles. The van der Waals surface area contributed by atoms with Crippen molar-refractivity contribution in [2.24, 2.45) is 0 Å². The highest BCUT2D eigenvalue weighted by atomic mass is 15.4. The van der Waals surface area contributed by atoms with E-state index < -0.39 is 0 Å². The first-order valence-corrected chi connectivity index (χ1v) is 7.59. The third kappa shape index (κ3) is 3.39. The average molecular weight is 292 g/mol. The maximum atomic E-state index is 4.29. The Morgan fingerprint density at radius 2 is 1.82 bits per heavy atom. The lowest BCUT2D eigenvalue weighted by Gasteiger charge is -2.02. The van der Waals surface area contributed by atoms with Crippen LogP contribution in [-0.4, -0.2) is 20.0 Å². The fraction of sp³-hybridized carbons (Fsp3) is 0.278. The van der Waals surface area contributed by atoms with Gasteiger partial charge in [-0.1, -0.05) is 17.3 Å². The number of benzene rings is 1. The summed E-state index contributed by atoms with van der Waals surface area (Å²) in [4.78, 5) is 4.03. The zero-order valence-electron chi connectivity index (χ0n) is 13.0. The van der Waals surface area contributed by atoms with Crippen LogP contribution in [0.15, 0.2) is 48.9 Å². The lowest BCUT2D eigenvalue weighted by atomic mass is 10.0. The van der Waals surface area contributed by atoms with Crippen molar-refractivity contribution in [3.8, 4) is 11.3 Å². The van der Waals surface area contributed by atoms with E-state index >= 15 is 0 Å². The fourth-order valence-corrected chi connectivity index (χ4v) is 2.44. The molecule has 0 fully saturated rings. The van der Waals surface area contributed by atoms with E-state index in [4.69, 9.17) is 0 Å². The molecule has 0 N–H and O–H groups in total. The van der Waals surface area contributed by atoms with E-state index in [2.05, 4.69) is 59.5 Å². The summed E-state index contributed by atoms with van der Waals surface area (Å²) in [5.41, 5.74) is 5.96. The van der Waals surface area contributed by atoms with Crippen LogP contribution in [0.2, 0.25) is 0 Å². The molecule has 2 aromatic heterocycles. The second kappa shape index (κ2) is 6.52. The zero-order valence-corrected chi connectivity index (χ0v) is 13.0. The summed E-state index contributed by atoms with van der Waals surface area (Å²) in [6, 6.07) is 10.5. The van der Waals surface area contributed by atoms with E-state index in [-0.39, 0.29) is 0 Å². The predicted molar refractivity (Wildman–Crippen MR) is 87.5 cm³/mol. The number of hydrogen-bond donors (Lipinski definition) is 0. The van der Waals surface area contributed by atoms with Crippen LogP contribution in [-0.2, 0) is 13.0 Å². The van der Waals surface area contributed by atoms with Crippen molar-refractivity contribution >= 4 is 0 Å². The molecule has 0 spiro atoms. The fourth-order valence-electron chi connectivity index (χ4n) is 2.44. The van der Waals surface area contributed by atoms with E-state index in [1.54, 1.807) is 0 Å². The number of aryl methyl sites for hydroxylation is 4. The molecule has 3 rings (SSSR count). The van der Waals surface area contributed by atoms with Crippen LogP contribution < -0.4 is 0 Å². The summed E-state index contributed by atoms with van der Waals surface area (Å²) in [5, 5.41) is 8.52. The van der Waals surface area contributed by atoms with E-state index in [1.165, 1.54) is 16.7 Å². The summed E-state index contributed by atoms with van der Waals surface area (Å²) in [5.74, 6) is 0.